The fraction of sp³-hybridized carbons (Fsp3) is 0.214. The first-order chi connectivity index (χ1) is 8.69. The smallest absolute Gasteiger partial charge is 0.143 e. The molecule has 0 spiro atoms. The average molecular weight is 245 g/mol. The molecule has 0 amide bonds. The molecule has 4 heteroatoms. The highest BCUT2D eigenvalue weighted by atomic mass is 16.5. The predicted molar refractivity (Wildman–Crippen MR) is 67.3 cm³/mol. The van der Waals surface area contributed by atoms with Gasteiger partial charge in [-0.15, -0.1) is 0 Å². The summed E-state index contributed by atoms with van der Waals surface area (Å²) >= 11 is 0. The number of aliphatic hydroxyl groups is 1. The van der Waals surface area contributed by atoms with Crippen LogP contribution in [0.15, 0.2) is 36.4 Å². The molecule has 0 radical (unpaired) electrons. The normalized spacial score (nSPS) is 10.3. The summed E-state index contributed by atoms with van der Waals surface area (Å²) in [4.78, 5) is 4.20. The number of aromatic nitrogens is 1. The summed E-state index contributed by atoms with van der Waals surface area (Å²) in [5.41, 5.74) is 2.32. The molecule has 1 heterocycles. The zero-order valence-corrected chi connectivity index (χ0v) is 10.1. The second kappa shape index (κ2) is 5.51. The quantitative estimate of drug-likeness (QED) is 0.866. The molecule has 0 unspecified atom stereocenters. The molecule has 4 nitrogen and oxygen atoms in total. The number of rotatable bonds is 4. The van der Waals surface area contributed by atoms with E-state index < -0.39 is 0 Å². The molecule has 0 aliphatic rings. The van der Waals surface area contributed by atoms with E-state index in [9.17, 15) is 10.2 Å². The first-order valence-corrected chi connectivity index (χ1v) is 5.67. The maximum Gasteiger partial charge on any atom is 0.143 e. The van der Waals surface area contributed by atoms with Crippen molar-refractivity contribution in [3.63, 3.8) is 0 Å². The summed E-state index contributed by atoms with van der Waals surface area (Å²) in [5.74, 6) is 0.808. The van der Waals surface area contributed by atoms with Crippen molar-refractivity contribution in [2.24, 2.45) is 0 Å². The zero-order valence-electron chi connectivity index (χ0n) is 10.1. The second-order valence-corrected chi connectivity index (χ2v) is 4.01. The third kappa shape index (κ3) is 2.99. The summed E-state index contributed by atoms with van der Waals surface area (Å²) < 4.78 is 5.60. The van der Waals surface area contributed by atoms with E-state index in [1.807, 2.05) is 13.0 Å². The lowest BCUT2D eigenvalue weighted by atomic mass is 10.2. The lowest BCUT2D eigenvalue weighted by Crippen LogP contribution is -2.01. The Morgan fingerprint density at radius 1 is 1.11 bits per heavy atom. The van der Waals surface area contributed by atoms with Crippen molar-refractivity contribution in [1.29, 1.82) is 0 Å². The molecule has 0 aliphatic carbocycles. The third-order valence-electron chi connectivity index (χ3n) is 2.55. The zero-order chi connectivity index (χ0) is 13.0. The van der Waals surface area contributed by atoms with Gasteiger partial charge in [-0.2, -0.15) is 0 Å². The molecule has 0 aliphatic heterocycles. The maximum absolute atomic E-state index is 9.20. The van der Waals surface area contributed by atoms with Crippen LogP contribution >= 0.6 is 0 Å². The first kappa shape index (κ1) is 12.4. The lowest BCUT2D eigenvalue weighted by Gasteiger charge is -2.10. The lowest BCUT2D eigenvalue weighted by molar-refractivity contribution is 0.253. The Bertz CT molecular complexity index is 523. The van der Waals surface area contributed by atoms with Gasteiger partial charge in [-0.05, 0) is 36.8 Å². The van der Waals surface area contributed by atoms with Crippen molar-refractivity contribution in [1.82, 2.24) is 4.98 Å². The van der Waals surface area contributed by atoms with E-state index in [1.165, 1.54) is 0 Å². The second-order valence-electron chi connectivity index (χ2n) is 4.01. The van der Waals surface area contributed by atoms with Crippen LogP contribution in [0.1, 0.15) is 17.0 Å². The van der Waals surface area contributed by atoms with Crippen LogP contribution in [0.3, 0.4) is 0 Å². The van der Waals surface area contributed by atoms with Gasteiger partial charge in [0.25, 0.3) is 0 Å². The Hall–Kier alpha value is -2.07. The van der Waals surface area contributed by atoms with Crippen molar-refractivity contribution in [2.45, 2.75) is 20.1 Å². The van der Waals surface area contributed by atoms with Crippen LogP contribution in [0.2, 0.25) is 0 Å². The Morgan fingerprint density at radius 2 is 1.83 bits per heavy atom. The van der Waals surface area contributed by atoms with Gasteiger partial charge in [0.1, 0.15) is 23.8 Å². The molecule has 0 bridgehead atoms. The maximum atomic E-state index is 9.20. The molecule has 94 valence electrons. The van der Waals surface area contributed by atoms with Crippen molar-refractivity contribution in [3.05, 3.63) is 53.3 Å². The molecular weight excluding hydrogens is 230 g/mol. The number of aromatic hydroxyl groups is 1. The van der Waals surface area contributed by atoms with E-state index in [-0.39, 0.29) is 12.4 Å². The topological polar surface area (TPSA) is 62.6 Å². The summed E-state index contributed by atoms with van der Waals surface area (Å²) in [5, 5.41) is 18.4. The van der Waals surface area contributed by atoms with Crippen LogP contribution in [0.5, 0.6) is 11.5 Å². The highest BCUT2D eigenvalue weighted by Crippen LogP contribution is 2.19. The van der Waals surface area contributed by atoms with E-state index in [0.717, 1.165) is 11.3 Å². The van der Waals surface area contributed by atoms with Gasteiger partial charge >= 0.3 is 0 Å². The minimum absolute atomic E-state index is 0.146. The number of pyridine rings is 1. The van der Waals surface area contributed by atoms with Gasteiger partial charge in [0.2, 0.25) is 0 Å². The number of benzene rings is 1. The largest absolute Gasteiger partial charge is 0.508 e. The van der Waals surface area contributed by atoms with Gasteiger partial charge in [-0.1, -0.05) is 12.1 Å². The SMILES string of the molecule is Cc1ccc(OCc2ccc(O)cc2)c(CO)n1. The molecule has 0 saturated carbocycles. The molecule has 2 aromatic rings. The van der Waals surface area contributed by atoms with Crippen LogP contribution in [-0.4, -0.2) is 15.2 Å². The average Bonchev–Trinajstić information content (AvgIpc) is 2.39. The number of ether oxygens (including phenoxy) is 1. The summed E-state index contributed by atoms with van der Waals surface area (Å²) in [7, 11) is 0. The van der Waals surface area contributed by atoms with Crippen molar-refractivity contribution >= 4 is 0 Å². The number of aliphatic hydroxyl groups excluding tert-OH is 1. The highest BCUT2D eigenvalue weighted by Gasteiger charge is 2.05. The number of phenols is 1. The first-order valence-electron chi connectivity index (χ1n) is 5.67. The Morgan fingerprint density at radius 3 is 2.50 bits per heavy atom. The van der Waals surface area contributed by atoms with Gasteiger partial charge < -0.3 is 14.9 Å². The molecule has 1 aromatic heterocycles. The molecule has 0 saturated heterocycles. The molecule has 18 heavy (non-hydrogen) atoms. The molecule has 1 aromatic carbocycles. The molecule has 2 rings (SSSR count). The Balaban J connectivity index is 2.08. The van der Waals surface area contributed by atoms with Gasteiger partial charge in [0, 0.05) is 5.69 Å². The fourth-order valence-electron chi connectivity index (χ4n) is 1.60. The van der Waals surface area contributed by atoms with Crippen LogP contribution in [-0.2, 0) is 13.2 Å². The van der Waals surface area contributed by atoms with Gasteiger partial charge in [0.05, 0.1) is 6.61 Å². The van der Waals surface area contributed by atoms with Crippen molar-refractivity contribution in [2.75, 3.05) is 0 Å². The monoisotopic (exact) mass is 245 g/mol. The number of nitrogens with zero attached hydrogens (tertiary/aromatic N) is 1. The Labute approximate surface area is 106 Å². The van der Waals surface area contributed by atoms with E-state index in [1.54, 1.807) is 30.3 Å². The van der Waals surface area contributed by atoms with Crippen molar-refractivity contribution < 1.29 is 14.9 Å². The summed E-state index contributed by atoms with van der Waals surface area (Å²) in [6.45, 7) is 2.09. The number of aryl methyl sites for hydroxylation is 1. The van der Waals surface area contributed by atoms with Gasteiger partial charge in [0.15, 0.2) is 0 Å². The molecule has 0 atom stereocenters. The fourth-order valence-corrected chi connectivity index (χ4v) is 1.60. The van der Waals surface area contributed by atoms with Crippen LogP contribution in [0.4, 0.5) is 0 Å². The van der Waals surface area contributed by atoms with E-state index >= 15 is 0 Å². The van der Waals surface area contributed by atoms with Gasteiger partial charge in [-0.25, -0.2) is 0 Å². The van der Waals surface area contributed by atoms with Crippen LogP contribution < -0.4 is 4.74 Å². The molecule has 0 fully saturated rings. The minimum atomic E-state index is -0.146. The highest BCUT2D eigenvalue weighted by molar-refractivity contribution is 5.30. The van der Waals surface area contributed by atoms with Crippen LogP contribution in [0.25, 0.3) is 0 Å². The standard InChI is InChI=1S/C14H15NO3/c1-10-2-7-14(13(8-16)15-10)18-9-11-3-5-12(17)6-4-11/h2-7,16-17H,8-9H2,1H3. The van der Waals surface area contributed by atoms with Gasteiger partial charge in [-0.3, -0.25) is 4.98 Å². The Kier molecular flexibility index (Phi) is 3.79. The van der Waals surface area contributed by atoms with E-state index in [2.05, 4.69) is 4.98 Å². The molecular formula is C14H15NO3. The van der Waals surface area contributed by atoms with E-state index in [4.69, 9.17) is 4.74 Å². The molecule has 2 N–H and O–H groups in total. The predicted octanol–water partition coefficient (Wildman–Crippen LogP) is 2.17. The van der Waals surface area contributed by atoms with Crippen molar-refractivity contribution in [3.8, 4) is 11.5 Å². The van der Waals surface area contributed by atoms with E-state index in [0.29, 0.717) is 18.1 Å². The summed E-state index contributed by atoms with van der Waals surface area (Å²) in [6.07, 6.45) is 0. The minimum Gasteiger partial charge on any atom is -0.508 e. The number of hydrogen-bond donors (Lipinski definition) is 2. The van der Waals surface area contributed by atoms with Crippen LogP contribution in [0, 0.1) is 6.92 Å². The number of hydrogen-bond acceptors (Lipinski definition) is 4. The number of phenolic OH excluding ortho intramolecular Hbond substituents is 1. The third-order valence-corrected chi connectivity index (χ3v) is 2.55. The summed E-state index contributed by atoms with van der Waals surface area (Å²) in [6, 6.07) is 10.4.